The molecule has 5 nitrogen and oxygen atoms in total. The van der Waals surface area contributed by atoms with Gasteiger partial charge in [0.1, 0.15) is 0 Å². The van der Waals surface area contributed by atoms with Crippen LogP contribution in [0.4, 0.5) is 10.5 Å². The quantitative estimate of drug-likeness (QED) is 0.591. The summed E-state index contributed by atoms with van der Waals surface area (Å²) in [5.74, 6) is 1.21. The van der Waals surface area contributed by atoms with Crippen LogP contribution in [0.1, 0.15) is 16.8 Å². The zero-order chi connectivity index (χ0) is 14.4. The maximum atomic E-state index is 11.5. The number of rotatable bonds is 4. The molecule has 0 unspecified atom stereocenters. The van der Waals surface area contributed by atoms with E-state index in [1.807, 2.05) is 0 Å². The van der Waals surface area contributed by atoms with Gasteiger partial charge < -0.3 is 15.7 Å². The second kappa shape index (κ2) is 6.88. The van der Waals surface area contributed by atoms with Crippen molar-refractivity contribution in [1.29, 1.82) is 0 Å². The standard InChI is InChI=1S/C12H10Cl2N2O3/c1-2-3-4-15-12(19)16-10-8(13)5-7(11(17)18)6-9(10)14/h1,5-6H,3-4H2,(H,17,18)(H2,15,16,19). The summed E-state index contributed by atoms with van der Waals surface area (Å²) in [4.78, 5) is 22.3. The molecule has 100 valence electrons. The summed E-state index contributed by atoms with van der Waals surface area (Å²) in [7, 11) is 0. The molecule has 0 aromatic heterocycles. The number of terminal acetylenes is 1. The third kappa shape index (κ3) is 4.36. The Labute approximate surface area is 119 Å². The van der Waals surface area contributed by atoms with Crippen LogP contribution in [0.3, 0.4) is 0 Å². The van der Waals surface area contributed by atoms with Crippen molar-refractivity contribution in [3.63, 3.8) is 0 Å². The fraction of sp³-hybridized carbons (Fsp3) is 0.167. The number of carboxylic acids is 1. The maximum Gasteiger partial charge on any atom is 0.335 e. The molecule has 1 aromatic carbocycles. The number of aromatic carboxylic acids is 1. The van der Waals surface area contributed by atoms with Gasteiger partial charge in [-0.05, 0) is 12.1 Å². The highest BCUT2D eigenvalue weighted by Gasteiger charge is 2.14. The molecule has 2 amide bonds. The molecule has 0 heterocycles. The highest BCUT2D eigenvalue weighted by molar-refractivity contribution is 6.40. The third-order valence-electron chi connectivity index (χ3n) is 2.08. The highest BCUT2D eigenvalue weighted by atomic mass is 35.5. The summed E-state index contributed by atoms with van der Waals surface area (Å²) >= 11 is 11.7. The molecule has 0 saturated heterocycles. The van der Waals surface area contributed by atoms with E-state index in [0.29, 0.717) is 13.0 Å². The van der Waals surface area contributed by atoms with Crippen LogP contribution in [0.2, 0.25) is 10.0 Å². The van der Waals surface area contributed by atoms with Crippen molar-refractivity contribution < 1.29 is 14.7 Å². The van der Waals surface area contributed by atoms with E-state index >= 15 is 0 Å². The summed E-state index contributed by atoms with van der Waals surface area (Å²) < 4.78 is 0. The van der Waals surface area contributed by atoms with Crippen molar-refractivity contribution in [3.05, 3.63) is 27.7 Å². The minimum atomic E-state index is -1.16. The number of anilines is 1. The molecule has 1 aromatic rings. The average Bonchev–Trinajstić information content (AvgIpc) is 2.33. The van der Waals surface area contributed by atoms with Gasteiger partial charge in [0.2, 0.25) is 0 Å². The summed E-state index contributed by atoms with van der Waals surface area (Å²) in [6.45, 7) is 0.310. The zero-order valence-corrected chi connectivity index (χ0v) is 11.2. The van der Waals surface area contributed by atoms with Crippen LogP contribution < -0.4 is 10.6 Å². The molecule has 0 saturated carbocycles. The number of nitrogens with one attached hydrogen (secondary N) is 2. The second-order valence-corrected chi connectivity index (χ2v) is 4.27. The van der Waals surface area contributed by atoms with E-state index in [1.54, 1.807) is 0 Å². The van der Waals surface area contributed by atoms with E-state index in [4.69, 9.17) is 34.7 Å². The van der Waals surface area contributed by atoms with Gasteiger partial charge in [-0.3, -0.25) is 0 Å². The first-order valence-corrected chi connectivity index (χ1v) is 5.92. The molecule has 0 fully saturated rings. The van der Waals surface area contributed by atoms with E-state index in [9.17, 15) is 9.59 Å². The van der Waals surface area contributed by atoms with Crippen LogP contribution in [0.5, 0.6) is 0 Å². The molecule has 0 spiro atoms. The highest BCUT2D eigenvalue weighted by Crippen LogP contribution is 2.31. The lowest BCUT2D eigenvalue weighted by atomic mass is 10.2. The minimum absolute atomic E-state index is 0.0389. The van der Waals surface area contributed by atoms with Gasteiger partial charge >= 0.3 is 12.0 Å². The first kappa shape index (κ1) is 15.2. The topological polar surface area (TPSA) is 78.4 Å². The van der Waals surface area contributed by atoms with Crippen LogP contribution >= 0.6 is 23.2 Å². The summed E-state index contributed by atoms with van der Waals surface area (Å²) in [6, 6.07) is 1.88. The van der Waals surface area contributed by atoms with Crippen molar-refractivity contribution in [2.45, 2.75) is 6.42 Å². The summed E-state index contributed by atoms with van der Waals surface area (Å²) in [5, 5.41) is 13.8. The first-order chi connectivity index (χ1) is 8.95. The van der Waals surface area contributed by atoms with Crippen LogP contribution in [0, 0.1) is 12.3 Å². The average molecular weight is 301 g/mol. The van der Waals surface area contributed by atoms with Crippen LogP contribution in [0.15, 0.2) is 12.1 Å². The molecule has 0 radical (unpaired) electrons. The number of amides is 2. The number of carbonyl (C=O) groups excluding carboxylic acids is 1. The van der Waals surface area contributed by atoms with Gasteiger partial charge in [-0.15, -0.1) is 12.3 Å². The molecule has 0 aliphatic rings. The first-order valence-electron chi connectivity index (χ1n) is 5.16. The number of hydrogen-bond donors (Lipinski definition) is 3. The van der Waals surface area contributed by atoms with E-state index in [0.717, 1.165) is 0 Å². The molecule has 0 aliphatic heterocycles. The van der Waals surface area contributed by atoms with Crippen molar-refractivity contribution >= 4 is 40.9 Å². The van der Waals surface area contributed by atoms with Gasteiger partial charge in [-0.2, -0.15) is 0 Å². The Morgan fingerprint density at radius 1 is 1.32 bits per heavy atom. The SMILES string of the molecule is C#CCCNC(=O)Nc1c(Cl)cc(C(=O)O)cc1Cl. The number of urea groups is 1. The number of carbonyl (C=O) groups is 2. The Hall–Kier alpha value is -1.90. The normalized spacial score (nSPS) is 9.53. The fourth-order valence-corrected chi connectivity index (χ4v) is 1.80. The van der Waals surface area contributed by atoms with Crippen molar-refractivity contribution in [2.75, 3.05) is 11.9 Å². The van der Waals surface area contributed by atoms with E-state index in [-0.39, 0.29) is 21.3 Å². The van der Waals surface area contributed by atoms with Crippen molar-refractivity contribution in [3.8, 4) is 12.3 Å². The molecule has 0 bridgehead atoms. The Morgan fingerprint density at radius 2 is 1.89 bits per heavy atom. The molecular weight excluding hydrogens is 291 g/mol. The predicted molar refractivity (Wildman–Crippen MR) is 73.9 cm³/mol. The zero-order valence-electron chi connectivity index (χ0n) is 9.67. The minimum Gasteiger partial charge on any atom is -0.478 e. The van der Waals surface area contributed by atoms with E-state index in [2.05, 4.69) is 16.6 Å². The maximum absolute atomic E-state index is 11.5. The van der Waals surface area contributed by atoms with Gasteiger partial charge in [0.25, 0.3) is 0 Å². The van der Waals surface area contributed by atoms with Crippen LogP contribution in [0.25, 0.3) is 0 Å². The molecule has 1 rings (SSSR count). The molecule has 0 aliphatic carbocycles. The van der Waals surface area contributed by atoms with Gasteiger partial charge in [0.15, 0.2) is 0 Å². The van der Waals surface area contributed by atoms with E-state index in [1.165, 1.54) is 12.1 Å². The molecule has 19 heavy (non-hydrogen) atoms. The Kier molecular flexibility index (Phi) is 5.49. The Balaban J connectivity index is 2.82. The monoisotopic (exact) mass is 300 g/mol. The van der Waals surface area contributed by atoms with Crippen molar-refractivity contribution in [1.82, 2.24) is 5.32 Å². The van der Waals surface area contributed by atoms with E-state index < -0.39 is 12.0 Å². The number of carboxylic acid groups (broad SMARTS) is 1. The lowest BCUT2D eigenvalue weighted by Crippen LogP contribution is -2.29. The van der Waals surface area contributed by atoms with Gasteiger partial charge in [0.05, 0.1) is 21.3 Å². The lowest BCUT2D eigenvalue weighted by Gasteiger charge is -2.10. The molecule has 0 atom stereocenters. The largest absolute Gasteiger partial charge is 0.478 e. The van der Waals surface area contributed by atoms with Gasteiger partial charge in [-0.25, -0.2) is 9.59 Å². The fourth-order valence-electron chi connectivity index (χ4n) is 1.22. The summed E-state index contributed by atoms with van der Waals surface area (Å²) in [5.41, 5.74) is 0.0832. The van der Waals surface area contributed by atoms with Gasteiger partial charge in [0, 0.05) is 13.0 Å². The summed E-state index contributed by atoms with van der Waals surface area (Å²) in [6.07, 6.45) is 5.44. The predicted octanol–water partition coefficient (Wildman–Crippen LogP) is 2.84. The molecular formula is C12H10Cl2N2O3. The molecule has 7 heteroatoms. The van der Waals surface area contributed by atoms with Gasteiger partial charge in [-0.1, -0.05) is 23.2 Å². The second-order valence-electron chi connectivity index (χ2n) is 3.46. The number of benzene rings is 1. The number of halogens is 2. The smallest absolute Gasteiger partial charge is 0.335 e. The number of hydrogen-bond acceptors (Lipinski definition) is 2. The third-order valence-corrected chi connectivity index (χ3v) is 2.68. The van der Waals surface area contributed by atoms with Crippen LogP contribution in [-0.2, 0) is 0 Å². The molecule has 3 N–H and O–H groups in total. The lowest BCUT2D eigenvalue weighted by molar-refractivity contribution is 0.0697. The van der Waals surface area contributed by atoms with Crippen LogP contribution in [-0.4, -0.2) is 23.7 Å². The Bertz CT molecular complexity index is 529. The Morgan fingerprint density at radius 3 is 2.37 bits per heavy atom. The van der Waals surface area contributed by atoms with Crippen molar-refractivity contribution in [2.24, 2.45) is 0 Å².